The summed E-state index contributed by atoms with van der Waals surface area (Å²) in [6.07, 6.45) is 0. The molecule has 0 spiro atoms. The minimum Gasteiger partial charge on any atom is -0.313 e. The van der Waals surface area contributed by atoms with Gasteiger partial charge in [-0.3, -0.25) is 0 Å². The zero-order chi connectivity index (χ0) is 9.68. The summed E-state index contributed by atoms with van der Waals surface area (Å²) >= 11 is 0. The Labute approximate surface area is 81.2 Å². The monoisotopic (exact) mass is 177 g/mol. The molecule has 0 bridgehead atoms. The Balaban J connectivity index is 2.78. The lowest BCUT2D eigenvalue weighted by atomic mass is 9.97. The van der Waals surface area contributed by atoms with E-state index in [9.17, 15) is 0 Å². The Kier molecular flexibility index (Phi) is 3.97. The van der Waals surface area contributed by atoms with E-state index in [1.807, 2.05) is 0 Å². The summed E-state index contributed by atoms with van der Waals surface area (Å²) in [7, 11) is 0. The molecule has 13 heavy (non-hydrogen) atoms. The first-order chi connectivity index (χ1) is 6.25. The topological polar surface area (TPSA) is 12.0 Å². The van der Waals surface area contributed by atoms with Gasteiger partial charge in [-0.25, -0.2) is 0 Å². The Morgan fingerprint density at radius 3 is 2.54 bits per heavy atom. The van der Waals surface area contributed by atoms with E-state index in [1.165, 1.54) is 11.1 Å². The van der Waals surface area contributed by atoms with Crippen LogP contribution in [0, 0.1) is 0 Å². The maximum Gasteiger partial charge on any atom is 0.0208 e. The van der Waals surface area contributed by atoms with Crippen molar-refractivity contribution in [2.24, 2.45) is 0 Å². The lowest BCUT2D eigenvalue weighted by molar-refractivity contribution is 0.710. The molecule has 0 atom stereocenters. The number of rotatable bonds is 4. The first kappa shape index (κ1) is 10.3. The standard InChI is InChI=1S/C12H19N/c1-4-13-9-11-7-5-6-8-12(11)10(2)3/h5-8,10,13H,4,9H2,1-3H3. The molecule has 1 aromatic carbocycles. The van der Waals surface area contributed by atoms with Crippen LogP contribution in [0.4, 0.5) is 0 Å². The van der Waals surface area contributed by atoms with Crippen LogP contribution in [0.1, 0.15) is 37.8 Å². The molecule has 72 valence electrons. The van der Waals surface area contributed by atoms with Gasteiger partial charge in [-0.2, -0.15) is 0 Å². The molecule has 0 aliphatic rings. The summed E-state index contributed by atoms with van der Waals surface area (Å²) in [6, 6.07) is 8.65. The van der Waals surface area contributed by atoms with E-state index in [0.717, 1.165) is 13.1 Å². The highest BCUT2D eigenvalue weighted by molar-refractivity contribution is 5.29. The van der Waals surface area contributed by atoms with Crippen molar-refractivity contribution in [3.63, 3.8) is 0 Å². The van der Waals surface area contributed by atoms with Gasteiger partial charge in [0.25, 0.3) is 0 Å². The zero-order valence-corrected chi connectivity index (χ0v) is 8.80. The fourth-order valence-electron chi connectivity index (χ4n) is 1.52. The molecular formula is C12H19N. The molecular weight excluding hydrogens is 158 g/mol. The first-order valence-electron chi connectivity index (χ1n) is 5.04. The summed E-state index contributed by atoms with van der Waals surface area (Å²) in [6.45, 7) is 8.64. The minimum atomic E-state index is 0.620. The van der Waals surface area contributed by atoms with E-state index in [-0.39, 0.29) is 0 Å². The number of hydrogen-bond donors (Lipinski definition) is 1. The van der Waals surface area contributed by atoms with Gasteiger partial charge in [-0.05, 0) is 23.6 Å². The van der Waals surface area contributed by atoms with Crippen molar-refractivity contribution in [2.45, 2.75) is 33.2 Å². The highest BCUT2D eigenvalue weighted by atomic mass is 14.8. The van der Waals surface area contributed by atoms with Crippen molar-refractivity contribution in [3.05, 3.63) is 35.4 Å². The second-order valence-corrected chi connectivity index (χ2v) is 3.63. The quantitative estimate of drug-likeness (QED) is 0.745. The van der Waals surface area contributed by atoms with Gasteiger partial charge in [-0.15, -0.1) is 0 Å². The lowest BCUT2D eigenvalue weighted by Crippen LogP contribution is -2.13. The molecule has 0 heterocycles. The van der Waals surface area contributed by atoms with Gasteiger partial charge in [0.2, 0.25) is 0 Å². The number of benzene rings is 1. The lowest BCUT2D eigenvalue weighted by Gasteiger charge is -2.12. The third-order valence-electron chi connectivity index (χ3n) is 2.24. The summed E-state index contributed by atoms with van der Waals surface area (Å²) < 4.78 is 0. The van der Waals surface area contributed by atoms with Crippen molar-refractivity contribution in [1.29, 1.82) is 0 Å². The molecule has 1 aromatic rings. The van der Waals surface area contributed by atoms with Crippen LogP contribution in [0.3, 0.4) is 0 Å². The average molecular weight is 177 g/mol. The van der Waals surface area contributed by atoms with Crippen molar-refractivity contribution >= 4 is 0 Å². The molecule has 0 amide bonds. The molecule has 1 N–H and O–H groups in total. The van der Waals surface area contributed by atoms with Gasteiger partial charge in [0.05, 0.1) is 0 Å². The second kappa shape index (κ2) is 5.03. The van der Waals surface area contributed by atoms with Crippen molar-refractivity contribution < 1.29 is 0 Å². The molecule has 0 unspecified atom stereocenters. The highest BCUT2D eigenvalue weighted by Gasteiger charge is 2.03. The van der Waals surface area contributed by atoms with Crippen LogP contribution < -0.4 is 5.32 Å². The summed E-state index contributed by atoms with van der Waals surface area (Å²) in [5.74, 6) is 0.620. The normalized spacial score (nSPS) is 10.8. The zero-order valence-electron chi connectivity index (χ0n) is 8.80. The third-order valence-corrected chi connectivity index (χ3v) is 2.24. The highest BCUT2D eigenvalue weighted by Crippen LogP contribution is 2.18. The fourth-order valence-corrected chi connectivity index (χ4v) is 1.52. The summed E-state index contributed by atoms with van der Waals surface area (Å²) in [5.41, 5.74) is 2.89. The Hall–Kier alpha value is -0.820. The Morgan fingerprint density at radius 2 is 1.92 bits per heavy atom. The molecule has 0 aromatic heterocycles. The summed E-state index contributed by atoms with van der Waals surface area (Å²) in [5, 5.41) is 3.36. The van der Waals surface area contributed by atoms with Crippen LogP contribution >= 0.6 is 0 Å². The van der Waals surface area contributed by atoms with Crippen LogP contribution in [-0.2, 0) is 6.54 Å². The van der Waals surface area contributed by atoms with Crippen molar-refractivity contribution in [1.82, 2.24) is 5.32 Å². The predicted molar refractivity (Wildman–Crippen MR) is 57.9 cm³/mol. The van der Waals surface area contributed by atoms with E-state index < -0.39 is 0 Å². The maximum atomic E-state index is 3.36. The van der Waals surface area contributed by atoms with E-state index in [0.29, 0.717) is 5.92 Å². The van der Waals surface area contributed by atoms with Gasteiger partial charge in [0, 0.05) is 6.54 Å². The molecule has 0 fully saturated rings. The maximum absolute atomic E-state index is 3.36. The molecule has 0 radical (unpaired) electrons. The molecule has 0 saturated heterocycles. The van der Waals surface area contributed by atoms with Crippen LogP contribution in [0.5, 0.6) is 0 Å². The van der Waals surface area contributed by atoms with Gasteiger partial charge in [0.1, 0.15) is 0 Å². The van der Waals surface area contributed by atoms with E-state index in [1.54, 1.807) is 0 Å². The second-order valence-electron chi connectivity index (χ2n) is 3.63. The van der Waals surface area contributed by atoms with Crippen molar-refractivity contribution in [3.8, 4) is 0 Å². The van der Waals surface area contributed by atoms with Crippen LogP contribution in [0.15, 0.2) is 24.3 Å². The van der Waals surface area contributed by atoms with Crippen molar-refractivity contribution in [2.75, 3.05) is 6.54 Å². The largest absolute Gasteiger partial charge is 0.313 e. The smallest absolute Gasteiger partial charge is 0.0208 e. The number of nitrogens with one attached hydrogen (secondary N) is 1. The molecule has 0 aliphatic carbocycles. The predicted octanol–water partition coefficient (Wildman–Crippen LogP) is 2.92. The molecule has 1 heteroatoms. The van der Waals surface area contributed by atoms with Gasteiger partial charge < -0.3 is 5.32 Å². The third kappa shape index (κ3) is 2.85. The molecule has 1 rings (SSSR count). The molecule has 1 nitrogen and oxygen atoms in total. The van der Waals surface area contributed by atoms with Crippen LogP contribution in [0.25, 0.3) is 0 Å². The van der Waals surface area contributed by atoms with Gasteiger partial charge in [-0.1, -0.05) is 45.0 Å². The SMILES string of the molecule is CCNCc1ccccc1C(C)C. The van der Waals surface area contributed by atoms with E-state index in [4.69, 9.17) is 0 Å². The van der Waals surface area contributed by atoms with E-state index >= 15 is 0 Å². The molecule has 0 saturated carbocycles. The Bertz CT molecular complexity index is 253. The van der Waals surface area contributed by atoms with Crippen LogP contribution in [0.2, 0.25) is 0 Å². The average Bonchev–Trinajstić information content (AvgIpc) is 2.15. The van der Waals surface area contributed by atoms with Crippen LogP contribution in [-0.4, -0.2) is 6.54 Å². The Morgan fingerprint density at radius 1 is 1.23 bits per heavy atom. The van der Waals surface area contributed by atoms with Gasteiger partial charge in [0.15, 0.2) is 0 Å². The van der Waals surface area contributed by atoms with Gasteiger partial charge >= 0.3 is 0 Å². The first-order valence-corrected chi connectivity index (χ1v) is 5.04. The minimum absolute atomic E-state index is 0.620. The fraction of sp³-hybridized carbons (Fsp3) is 0.500. The molecule has 0 aliphatic heterocycles. The number of hydrogen-bond acceptors (Lipinski definition) is 1. The summed E-state index contributed by atoms with van der Waals surface area (Å²) in [4.78, 5) is 0. The van der Waals surface area contributed by atoms with E-state index in [2.05, 4.69) is 50.4 Å².